The van der Waals surface area contributed by atoms with Gasteiger partial charge in [0, 0.05) is 31.6 Å². The zero-order chi connectivity index (χ0) is 10.9. The molecule has 1 saturated heterocycles. The summed E-state index contributed by atoms with van der Waals surface area (Å²) in [6, 6.07) is 0. The average molecular weight is 226 g/mol. The minimum absolute atomic E-state index is 0.338. The van der Waals surface area contributed by atoms with E-state index in [2.05, 4.69) is 22.7 Å². The van der Waals surface area contributed by atoms with Crippen LogP contribution in [0.2, 0.25) is 0 Å². The minimum Gasteiger partial charge on any atom is -0.381 e. The summed E-state index contributed by atoms with van der Waals surface area (Å²) in [5.74, 6) is 0. The van der Waals surface area contributed by atoms with E-state index >= 15 is 0 Å². The van der Waals surface area contributed by atoms with E-state index in [1.54, 1.807) is 0 Å². The molecule has 15 heavy (non-hydrogen) atoms. The van der Waals surface area contributed by atoms with Crippen molar-refractivity contribution < 1.29 is 4.74 Å². The van der Waals surface area contributed by atoms with Gasteiger partial charge in [0.2, 0.25) is 0 Å². The van der Waals surface area contributed by atoms with Crippen LogP contribution in [0.25, 0.3) is 0 Å². The van der Waals surface area contributed by atoms with Gasteiger partial charge in [-0.05, 0) is 37.4 Å². The van der Waals surface area contributed by atoms with Crippen LogP contribution in [0.4, 0.5) is 0 Å². The zero-order valence-electron chi connectivity index (χ0n) is 9.38. The molecule has 2 rings (SSSR count). The molecule has 0 aromatic carbocycles. The molecule has 4 heteroatoms. The summed E-state index contributed by atoms with van der Waals surface area (Å²) in [5, 5.41) is 0. The number of nitrogens with one attached hydrogen (secondary N) is 1. The number of nitrogens with zero attached hydrogens (tertiary/aromatic N) is 1. The van der Waals surface area contributed by atoms with E-state index < -0.39 is 0 Å². The summed E-state index contributed by atoms with van der Waals surface area (Å²) in [6.07, 6.45) is 4.35. The first-order valence-corrected chi connectivity index (χ1v) is 5.84. The van der Waals surface area contributed by atoms with E-state index in [0.29, 0.717) is 5.41 Å². The molecule has 0 aliphatic carbocycles. The largest absolute Gasteiger partial charge is 0.381 e. The Morgan fingerprint density at radius 3 is 2.73 bits per heavy atom. The second-order valence-electron chi connectivity index (χ2n) is 4.79. The van der Waals surface area contributed by atoms with Crippen molar-refractivity contribution in [2.75, 3.05) is 13.2 Å². The summed E-state index contributed by atoms with van der Waals surface area (Å²) < 4.78 is 8.38. The van der Waals surface area contributed by atoms with Crippen LogP contribution in [0.1, 0.15) is 25.5 Å². The Hall–Kier alpha value is -0.610. The zero-order valence-corrected chi connectivity index (χ0v) is 10.2. The fourth-order valence-corrected chi connectivity index (χ4v) is 2.39. The SMILES string of the molecule is Cc1cn(CC2(C)CCOCC2)c(=S)[nH]1. The Balaban J connectivity index is 2.13. The van der Waals surface area contributed by atoms with Crippen molar-refractivity contribution in [2.24, 2.45) is 5.41 Å². The third-order valence-corrected chi connectivity index (χ3v) is 3.50. The maximum Gasteiger partial charge on any atom is 0.177 e. The Bertz CT molecular complexity index is 388. The molecule has 1 fully saturated rings. The lowest BCUT2D eigenvalue weighted by molar-refractivity contribution is 0.0153. The molecule has 0 unspecified atom stereocenters. The van der Waals surface area contributed by atoms with E-state index in [0.717, 1.165) is 43.1 Å². The molecule has 0 amide bonds. The predicted octanol–water partition coefficient (Wildman–Crippen LogP) is 2.67. The molecule has 0 spiro atoms. The second-order valence-corrected chi connectivity index (χ2v) is 5.18. The van der Waals surface area contributed by atoms with Crippen LogP contribution in [-0.2, 0) is 11.3 Å². The molecule has 2 heterocycles. The predicted molar refractivity (Wildman–Crippen MR) is 62.5 cm³/mol. The number of H-pyrrole nitrogens is 1. The van der Waals surface area contributed by atoms with E-state index in [9.17, 15) is 0 Å². The maximum atomic E-state index is 5.39. The van der Waals surface area contributed by atoms with Crippen molar-refractivity contribution in [2.45, 2.75) is 33.2 Å². The average Bonchev–Trinajstić information content (AvgIpc) is 2.45. The van der Waals surface area contributed by atoms with Gasteiger partial charge in [0.15, 0.2) is 4.77 Å². The summed E-state index contributed by atoms with van der Waals surface area (Å²) in [7, 11) is 0. The fraction of sp³-hybridized carbons (Fsp3) is 0.727. The number of aromatic nitrogens is 2. The van der Waals surface area contributed by atoms with Crippen molar-refractivity contribution in [3.8, 4) is 0 Å². The van der Waals surface area contributed by atoms with Crippen molar-refractivity contribution in [1.82, 2.24) is 9.55 Å². The normalized spacial score (nSPS) is 20.4. The Morgan fingerprint density at radius 2 is 2.20 bits per heavy atom. The number of aryl methyl sites for hydroxylation is 1. The van der Waals surface area contributed by atoms with Gasteiger partial charge < -0.3 is 14.3 Å². The first kappa shape index (κ1) is 10.9. The lowest BCUT2D eigenvalue weighted by atomic mass is 9.82. The van der Waals surface area contributed by atoms with Gasteiger partial charge in [0.1, 0.15) is 0 Å². The first-order chi connectivity index (χ1) is 7.09. The molecular formula is C11H18N2OS. The highest BCUT2D eigenvalue weighted by molar-refractivity contribution is 7.71. The molecule has 1 aromatic rings. The highest BCUT2D eigenvalue weighted by Gasteiger charge is 2.27. The summed E-state index contributed by atoms with van der Waals surface area (Å²) in [4.78, 5) is 3.16. The van der Waals surface area contributed by atoms with E-state index in [4.69, 9.17) is 17.0 Å². The quantitative estimate of drug-likeness (QED) is 0.786. The van der Waals surface area contributed by atoms with Gasteiger partial charge in [-0.25, -0.2) is 0 Å². The highest BCUT2D eigenvalue weighted by atomic mass is 32.1. The van der Waals surface area contributed by atoms with Crippen LogP contribution < -0.4 is 0 Å². The van der Waals surface area contributed by atoms with Crippen LogP contribution >= 0.6 is 12.2 Å². The van der Waals surface area contributed by atoms with Crippen LogP contribution in [0.15, 0.2) is 6.20 Å². The Labute approximate surface area is 95.5 Å². The molecule has 0 radical (unpaired) electrons. The second kappa shape index (κ2) is 4.10. The maximum absolute atomic E-state index is 5.39. The fourth-order valence-electron chi connectivity index (χ4n) is 2.12. The molecule has 3 nitrogen and oxygen atoms in total. The number of imidazole rings is 1. The molecule has 1 aromatic heterocycles. The van der Waals surface area contributed by atoms with Crippen LogP contribution in [0.3, 0.4) is 0 Å². The third kappa shape index (κ3) is 2.49. The molecule has 0 atom stereocenters. The topological polar surface area (TPSA) is 29.9 Å². The minimum atomic E-state index is 0.338. The lowest BCUT2D eigenvalue weighted by Gasteiger charge is -2.33. The number of aromatic amines is 1. The number of hydrogen-bond donors (Lipinski definition) is 1. The van der Waals surface area contributed by atoms with Crippen LogP contribution in [-0.4, -0.2) is 22.8 Å². The summed E-state index contributed by atoms with van der Waals surface area (Å²) >= 11 is 5.27. The smallest absolute Gasteiger partial charge is 0.177 e. The molecule has 1 N–H and O–H groups in total. The highest BCUT2D eigenvalue weighted by Crippen LogP contribution is 2.31. The van der Waals surface area contributed by atoms with Gasteiger partial charge in [0.25, 0.3) is 0 Å². The van der Waals surface area contributed by atoms with Crippen molar-refractivity contribution in [3.63, 3.8) is 0 Å². The number of hydrogen-bond acceptors (Lipinski definition) is 2. The van der Waals surface area contributed by atoms with Crippen LogP contribution in [0.5, 0.6) is 0 Å². The van der Waals surface area contributed by atoms with Gasteiger partial charge in [0.05, 0.1) is 0 Å². The number of rotatable bonds is 2. The van der Waals surface area contributed by atoms with E-state index in [1.807, 2.05) is 6.92 Å². The standard InChI is InChI=1S/C11H18N2OS/c1-9-7-13(10(15)12-9)8-11(2)3-5-14-6-4-11/h7H,3-6,8H2,1-2H3,(H,12,15). The van der Waals surface area contributed by atoms with Crippen LogP contribution in [0, 0.1) is 17.1 Å². The molecule has 1 aliphatic heterocycles. The monoisotopic (exact) mass is 226 g/mol. The van der Waals surface area contributed by atoms with E-state index in [1.165, 1.54) is 0 Å². The molecule has 84 valence electrons. The van der Waals surface area contributed by atoms with Gasteiger partial charge in [-0.2, -0.15) is 0 Å². The summed E-state index contributed by atoms with van der Waals surface area (Å²) in [5.41, 5.74) is 1.47. The van der Waals surface area contributed by atoms with Crippen molar-refractivity contribution >= 4 is 12.2 Å². The summed E-state index contributed by atoms with van der Waals surface area (Å²) in [6.45, 7) is 7.12. The Morgan fingerprint density at radius 1 is 1.53 bits per heavy atom. The van der Waals surface area contributed by atoms with Gasteiger partial charge >= 0.3 is 0 Å². The first-order valence-electron chi connectivity index (χ1n) is 5.43. The lowest BCUT2D eigenvalue weighted by Crippen LogP contribution is -2.30. The number of ether oxygens (including phenoxy) is 1. The third-order valence-electron chi connectivity index (χ3n) is 3.17. The molecule has 0 saturated carbocycles. The van der Waals surface area contributed by atoms with Gasteiger partial charge in [-0.1, -0.05) is 6.92 Å². The molecule has 0 bridgehead atoms. The molecular weight excluding hydrogens is 208 g/mol. The van der Waals surface area contributed by atoms with Gasteiger partial charge in [-0.3, -0.25) is 0 Å². The molecule has 1 aliphatic rings. The van der Waals surface area contributed by atoms with Crippen molar-refractivity contribution in [3.05, 3.63) is 16.7 Å². The Kier molecular flexibility index (Phi) is 2.98. The van der Waals surface area contributed by atoms with Crippen molar-refractivity contribution in [1.29, 1.82) is 0 Å². The van der Waals surface area contributed by atoms with Gasteiger partial charge in [-0.15, -0.1) is 0 Å². The van der Waals surface area contributed by atoms with E-state index in [-0.39, 0.29) is 0 Å².